The Bertz CT molecular complexity index is 873. The van der Waals surface area contributed by atoms with Crippen molar-refractivity contribution in [3.63, 3.8) is 0 Å². The number of piperidine rings is 1. The first-order chi connectivity index (χ1) is 13.6. The van der Waals surface area contributed by atoms with Crippen molar-refractivity contribution in [3.05, 3.63) is 64.1 Å². The molecule has 0 unspecified atom stereocenters. The molecule has 0 bridgehead atoms. The Hall–Kier alpha value is -3.16. The molecular formula is C20H24N4O4. The highest BCUT2D eigenvalue weighted by molar-refractivity contribution is 5.92. The fraction of sp³-hybridized carbons (Fsp3) is 0.400. The highest BCUT2D eigenvalue weighted by Gasteiger charge is 2.25. The average Bonchev–Trinajstić information content (AvgIpc) is 2.71. The number of rotatable bonds is 5. The minimum atomic E-state index is -0.323. The van der Waals surface area contributed by atoms with E-state index in [4.69, 9.17) is 4.74 Å². The zero-order chi connectivity index (χ0) is 19.9. The van der Waals surface area contributed by atoms with Gasteiger partial charge in [0, 0.05) is 25.2 Å². The van der Waals surface area contributed by atoms with Crippen LogP contribution in [0.1, 0.15) is 35.8 Å². The topological polar surface area (TPSA) is 93.5 Å². The van der Waals surface area contributed by atoms with Crippen LogP contribution in [0.25, 0.3) is 0 Å². The Labute approximate surface area is 163 Å². The van der Waals surface area contributed by atoms with Crippen molar-refractivity contribution in [2.24, 2.45) is 0 Å². The zero-order valence-electron chi connectivity index (χ0n) is 15.8. The SMILES string of the molecule is CCOC(=O)N1CCC(NC(=O)c2ccc(=O)n(Cc3ccccc3)n2)CC1. The third-order valence-electron chi connectivity index (χ3n) is 4.63. The second-order valence-corrected chi connectivity index (χ2v) is 6.63. The molecule has 2 amide bonds. The third-order valence-corrected chi connectivity index (χ3v) is 4.63. The molecule has 148 valence electrons. The van der Waals surface area contributed by atoms with E-state index < -0.39 is 0 Å². The highest BCUT2D eigenvalue weighted by Crippen LogP contribution is 2.12. The fourth-order valence-electron chi connectivity index (χ4n) is 3.12. The summed E-state index contributed by atoms with van der Waals surface area (Å²) < 4.78 is 6.28. The van der Waals surface area contributed by atoms with Crippen molar-refractivity contribution in [2.75, 3.05) is 19.7 Å². The van der Waals surface area contributed by atoms with Crippen LogP contribution in [-0.4, -0.2) is 52.4 Å². The largest absolute Gasteiger partial charge is 0.450 e. The summed E-state index contributed by atoms with van der Waals surface area (Å²) in [6.45, 7) is 3.49. The van der Waals surface area contributed by atoms with Crippen LogP contribution < -0.4 is 10.9 Å². The molecule has 0 saturated carbocycles. The maximum Gasteiger partial charge on any atom is 0.409 e. The van der Waals surface area contributed by atoms with Crippen LogP contribution in [0.3, 0.4) is 0 Å². The average molecular weight is 384 g/mol. The van der Waals surface area contributed by atoms with Crippen LogP contribution in [0.15, 0.2) is 47.3 Å². The predicted octanol–water partition coefficient (Wildman–Crippen LogP) is 1.64. The van der Waals surface area contributed by atoms with Gasteiger partial charge in [0.15, 0.2) is 0 Å². The molecule has 1 aliphatic rings. The van der Waals surface area contributed by atoms with Gasteiger partial charge in [-0.1, -0.05) is 30.3 Å². The van der Waals surface area contributed by atoms with Gasteiger partial charge in [0.05, 0.1) is 13.2 Å². The van der Waals surface area contributed by atoms with Crippen LogP contribution in [0, 0.1) is 0 Å². The Balaban J connectivity index is 1.60. The van der Waals surface area contributed by atoms with Gasteiger partial charge in [-0.05, 0) is 31.4 Å². The van der Waals surface area contributed by atoms with Gasteiger partial charge in [-0.3, -0.25) is 9.59 Å². The molecule has 0 radical (unpaired) electrons. The number of nitrogens with one attached hydrogen (secondary N) is 1. The number of benzene rings is 1. The summed E-state index contributed by atoms with van der Waals surface area (Å²) >= 11 is 0. The molecule has 8 nitrogen and oxygen atoms in total. The summed E-state index contributed by atoms with van der Waals surface area (Å²) in [5.74, 6) is -0.323. The number of likely N-dealkylation sites (tertiary alicyclic amines) is 1. The van der Waals surface area contributed by atoms with Crippen molar-refractivity contribution in [1.29, 1.82) is 0 Å². The van der Waals surface area contributed by atoms with E-state index in [-0.39, 0.29) is 29.3 Å². The molecule has 0 atom stereocenters. The Morgan fingerprint density at radius 2 is 1.86 bits per heavy atom. The molecule has 3 rings (SSSR count). The summed E-state index contributed by atoms with van der Waals surface area (Å²) in [7, 11) is 0. The molecule has 28 heavy (non-hydrogen) atoms. The van der Waals surface area contributed by atoms with Crippen molar-refractivity contribution < 1.29 is 14.3 Å². The van der Waals surface area contributed by atoms with Crippen molar-refractivity contribution in [2.45, 2.75) is 32.4 Å². The maximum absolute atomic E-state index is 12.6. The molecule has 0 spiro atoms. The van der Waals surface area contributed by atoms with E-state index in [2.05, 4.69) is 10.4 Å². The summed E-state index contributed by atoms with van der Waals surface area (Å²) in [4.78, 5) is 38.0. The number of ether oxygens (including phenoxy) is 1. The van der Waals surface area contributed by atoms with Gasteiger partial charge >= 0.3 is 6.09 Å². The van der Waals surface area contributed by atoms with E-state index in [0.29, 0.717) is 39.1 Å². The van der Waals surface area contributed by atoms with Gasteiger partial charge in [0.1, 0.15) is 5.69 Å². The first kappa shape index (κ1) is 19.6. The number of carbonyl (C=O) groups excluding carboxylic acids is 2. The summed E-state index contributed by atoms with van der Waals surface area (Å²) in [5.41, 5.74) is 0.868. The number of carbonyl (C=O) groups is 2. The Morgan fingerprint density at radius 3 is 2.54 bits per heavy atom. The van der Waals surface area contributed by atoms with Gasteiger partial charge < -0.3 is 15.0 Å². The molecule has 0 aliphatic carbocycles. The minimum Gasteiger partial charge on any atom is -0.450 e. The fourth-order valence-corrected chi connectivity index (χ4v) is 3.12. The lowest BCUT2D eigenvalue weighted by atomic mass is 10.1. The van der Waals surface area contributed by atoms with Crippen molar-refractivity contribution in [3.8, 4) is 0 Å². The van der Waals surface area contributed by atoms with E-state index >= 15 is 0 Å². The second-order valence-electron chi connectivity index (χ2n) is 6.63. The van der Waals surface area contributed by atoms with Crippen LogP contribution in [0.4, 0.5) is 4.79 Å². The molecule has 1 aromatic heterocycles. The van der Waals surface area contributed by atoms with E-state index in [0.717, 1.165) is 5.56 Å². The highest BCUT2D eigenvalue weighted by atomic mass is 16.6. The number of amides is 2. The lowest BCUT2D eigenvalue weighted by Crippen LogP contribution is -2.47. The summed E-state index contributed by atoms with van der Waals surface area (Å²) in [5, 5.41) is 7.15. The Morgan fingerprint density at radius 1 is 1.14 bits per heavy atom. The molecule has 1 fully saturated rings. The molecular weight excluding hydrogens is 360 g/mol. The minimum absolute atomic E-state index is 0.0468. The van der Waals surface area contributed by atoms with Crippen LogP contribution in [0.2, 0.25) is 0 Å². The van der Waals surface area contributed by atoms with Gasteiger partial charge in [-0.15, -0.1) is 0 Å². The normalized spacial score (nSPS) is 14.5. The first-order valence-corrected chi connectivity index (χ1v) is 9.41. The quantitative estimate of drug-likeness (QED) is 0.846. The predicted molar refractivity (Wildman–Crippen MR) is 103 cm³/mol. The van der Waals surface area contributed by atoms with E-state index in [1.54, 1.807) is 11.8 Å². The van der Waals surface area contributed by atoms with Crippen molar-refractivity contribution >= 4 is 12.0 Å². The molecule has 1 aliphatic heterocycles. The summed E-state index contributed by atoms with van der Waals surface area (Å²) in [6, 6.07) is 12.2. The lowest BCUT2D eigenvalue weighted by molar-refractivity contribution is 0.0855. The van der Waals surface area contributed by atoms with Crippen LogP contribution >= 0.6 is 0 Å². The maximum atomic E-state index is 12.6. The van der Waals surface area contributed by atoms with E-state index in [1.807, 2.05) is 30.3 Å². The zero-order valence-corrected chi connectivity index (χ0v) is 15.8. The van der Waals surface area contributed by atoms with E-state index in [1.165, 1.54) is 16.8 Å². The second kappa shape index (κ2) is 9.16. The van der Waals surface area contributed by atoms with Crippen LogP contribution in [0.5, 0.6) is 0 Å². The molecule has 1 saturated heterocycles. The standard InChI is InChI=1S/C20H24N4O4/c1-2-28-20(27)23-12-10-16(11-13-23)21-19(26)17-8-9-18(25)24(22-17)14-15-6-4-3-5-7-15/h3-9,16H,2,10-14H2,1H3,(H,21,26). The van der Waals surface area contributed by atoms with E-state index in [9.17, 15) is 14.4 Å². The van der Waals surface area contributed by atoms with Crippen molar-refractivity contribution in [1.82, 2.24) is 20.0 Å². The number of hydrogen-bond acceptors (Lipinski definition) is 5. The number of hydrogen-bond donors (Lipinski definition) is 1. The molecule has 2 heterocycles. The van der Waals surface area contributed by atoms with Gasteiger partial charge in [-0.25, -0.2) is 9.48 Å². The van der Waals surface area contributed by atoms with Crippen LogP contribution in [-0.2, 0) is 11.3 Å². The Kier molecular flexibility index (Phi) is 6.41. The lowest BCUT2D eigenvalue weighted by Gasteiger charge is -2.31. The number of nitrogens with zero attached hydrogens (tertiary/aromatic N) is 3. The summed E-state index contributed by atoms with van der Waals surface area (Å²) in [6.07, 6.45) is 0.976. The molecule has 2 aromatic rings. The smallest absolute Gasteiger partial charge is 0.409 e. The molecule has 1 aromatic carbocycles. The molecule has 8 heteroatoms. The molecule has 1 N–H and O–H groups in total. The number of aromatic nitrogens is 2. The van der Waals surface area contributed by atoms with Gasteiger partial charge in [0.25, 0.3) is 11.5 Å². The van der Waals surface area contributed by atoms with Gasteiger partial charge in [-0.2, -0.15) is 5.10 Å². The monoisotopic (exact) mass is 384 g/mol. The van der Waals surface area contributed by atoms with Gasteiger partial charge in [0.2, 0.25) is 0 Å². The third kappa shape index (κ3) is 4.97. The first-order valence-electron chi connectivity index (χ1n) is 9.41.